The maximum absolute atomic E-state index is 13.0. The topological polar surface area (TPSA) is 156 Å². The molecule has 0 aliphatic carbocycles. The smallest absolute Gasteiger partial charge is 0.337 e. The predicted octanol–water partition coefficient (Wildman–Crippen LogP) is 2.26. The number of methoxy groups -OCH3 is 1. The number of aromatic nitrogens is 2. The first-order chi connectivity index (χ1) is 15.8. The SMILES string of the molecule is COC(=O)c1ccc(NC(=O)CSc2nc(N)c(NC(=O)c3ccc(F)cc3)c(=O)[nH]2)cc1. The van der Waals surface area contributed by atoms with Crippen LogP contribution < -0.4 is 21.9 Å². The van der Waals surface area contributed by atoms with Gasteiger partial charge in [0.2, 0.25) is 5.91 Å². The zero-order valence-electron chi connectivity index (χ0n) is 17.2. The molecular weight excluding hydrogens is 453 g/mol. The van der Waals surface area contributed by atoms with Crippen LogP contribution in [0.15, 0.2) is 58.5 Å². The zero-order chi connectivity index (χ0) is 24.0. The first kappa shape index (κ1) is 23.5. The monoisotopic (exact) mass is 471 g/mol. The van der Waals surface area contributed by atoms with Crippen molar-refractivity contribution in [3.63, 3.8) is 0 Å². The lowest BCUT2D eigenvalue weighted by atomic mass is 10.2. The number of nitrogens with one attached hydrogen (secondary N) is 3. The number of nitrogens with two attached hydrogens (primary N) is 1. The Hall–Kier alpha value is -4.19. The molecule has 0 aliphatic heterocycles. The Morgan fingerprint density at radius 3 is 2.30 bits per heavy atom. The number of ether oxygens (including phenoxy) is 1. The molecule has 0 radical (unpaired) electrons. The number of aromatic amines is 1. The Morgan fingerprint density at radius 1 is 1.06 bits per heavy atom. The quantitative estimate of drug-likeness (QED) is 0.232. The summed E-state index contributed by atoms with van der Waals surface area (Å²) in [5, 5.41) is 5.06. The van der Waals surface area contributed by atoms with Crippen LogP contribution in [0.1, 0.15) is 20.7 Å². The van der Waals surface area contributed by atoms with Gasteiger partial charge < -0.3 is 21.1 Å². The van der Waals surface area contributed by atoms with Crippen molar-refractivity contribution in [2.45, 2.75) is 5.16 Å². The molecule has 5 N–H and O–H groups in total. The van der Waals surface area contributed by atoms with E-state index in [4.69, 9.17) is 5.73 Å². The van der Waals surface area contributed by atoms with Crippen molar-refractivity contribution in [1.82, 2.24) is 9.97 Å². The maximum Gasteiger partial charge on any atom is 0.337 e. The van der Waals surface area contributed by atoms with Crippen LogP contribution in [-0.4, -0.2) is 40.6 Å². The van der Waals surface area contributed by atoms with Crippen LogP contribution in [0.4, 0.5) is 21.6 Å². The average molecular weight is 471 g/mol. The lowest BCUT2D eigenvalue weighted by molar-refractivity contribution is -0.113. The number of H-pyrrole nitrogens is 1. The number of halogens is 1. The van der Waals surface area contributed by atoms with Gasteiger partial charge >= 0.3 is 5.97 Å². The van der Waals surface area contributed by atoms with Gasteiger partial charge in [0.1, 0.15) is 11.5 Å². The molecule has 1 heterocycles. The van der Waals surface area contributed by atoms with E-state index in [9.17, 15) is 23.6 Å². The van der Waals surface area contributed by atoms with Crippen molar-refractivity contribution >= 4 is 46.7 Å². The van der Waals surface area contributed by atoms with Gasteiger partial charge in [-0.15, -0.1) is 0 Å². The van der Waals surface area contributed by atoms with Gasteiger partial charge in [-0.25, -0.2) is 14.2 Å². The van der Waals surface area contributed by atoms with Gasteiger partial charge in [0, 0.05) is 11.3 Å². The molecule has 33 heavy (non-hydrogen) atoms. The van der Waals surface area contributed by atoms with Crippen molar-refractivity contribution in [2.24, 2.45) is 0 Å². The number of nitrogen functional groups attached to an aromatic ring is 1. The summed E-state index contributed by atoms with van der Waals surface area (Å²) in [4.78, 5) is 54.6. The fourth-order valence-electron chi connectivity index (χ4n) is 2.58. The van der Waals surface area contributed by atoms with Gasteiger partial charge in [-0.1, -0.05) is 11.8 Å². The Balaban J connectivity index is 1.60. The third kappa shape index (κ3) is 6.17. The number of benzene rings is 2. The number of rotatable bonds is 7. The number of nitrogens with zero attached hydrogens (tertiary/aromatic N) is 1. The lowest BCUT2D eigenvalue weighted by Gasteiger charge is -2.09. The second kappa shape index (κ2) is 10.4. The molecule has 1 aromatic heterocycles. The summed E-state index contributed by atoms with van der Waals surface area (Å²) in [6, 6.07) is 10.8. The third-order valence-electron chi connectivity index (χ3n) is 4.20. The minimum Gasteiger partial charge on any atom is -0.465 e. The molecule has 0 fully saturated rings. The zero-order valence-corrected chi connectivity index (χ0v) is 18.0. The van der Waals surface area contributed by atoms with Crippen LogP contribution in [0.3, 0.4) is 0 Å². The van der Waals surface area contributed by atoms with E-state index in [1.165, 1.54) is 31.4 Å². The van der Waals surface area contributed by atoms with E-state index in [0.717, 1.165) is 23.9 Å². The highest BCUT2D eigenvalue weighted by Crippen LogP contribution is 2.18. The van der Waals surface area contributed by atoms with Gasteiger partial charge in [-0.3, -0.25) is 19.4 Å². The van der Waals surface area contributed by atoms with Gasteiger partial charge in [0.05, 0.1) is 18.4 Å². The summed E-state index contributed by atoms with van der Waals surface area (Å²) < 4.78 is 17.6. The summed E-state index contributed by atoms with van der Waals surface area (Å²) in [7, 11) is 1.27. The number of hydrogen-bond acceptors (Lipinski definition) is 8. The maximum atomic E-state index is 13.0. The highest BCUT2D eigenvalue weighted by Gasteiger charge is 2.15. The highest BCUT2D eigenvalue weighted by molar-refractivity contribution is 7.99. The molecule has 170 valence electrons. The van der Waals surface area contributed by atoms with Crippen molar-refractivity contribution < 1.29 is 23.5 Å². The lowest BCUT2D eigenvalue weighted by Crippen LogP contribution is -2.23. The summed E-state index contributed by atoms with van der Waals surface area (Å²) in [5.74, 6) is -2.38. The van der Waals surface area contributed by atoms with Crippen molar-refractivity contribution in [3.05, 3.63) is 75.8 Å². The Labute approximate surface area is 190 Å². The molecule has 12 heteroatoms. The normalized spacial score (nSPS) is 10.4. The van der Waals surface area contributed by atoms with E-state index < -0.39 is 23.3 Å². The molecule has 2 aromatic carbocycles. The van der Waals surface area contributed by atoms with E-state index in [0.29, 0.717) is 11.3 Å². The van der Waals surface area contributed by atoms with Crippen LogP contribution in [-0.2, 0) is 9.53 Å². The number of carbonyl (C=O) groups is 3. The number of amides is 2. The standard InChI is InChI=1S/C21H18FN5O5S/c1-32-20(31)12-4-8-14(9-5-12)24-15(28)10-33-21-26-17(23)16(19(30)27-21)25-18(29)11-2-6-13(22)7-3-11/h2-9H,10H2,1H3,(H,24,28)(H,25,29)(H3,23,26,27,30). The second-order valence-corrected chi connectivity index (χ2v) is 7.46. The van der Waals surface area contributed by atoms with Crippen LogP contribution in [0.25, 0.3) is 0 Å². The highest BCUT2D eigenvalue weighted by atomic mass is 32.2. The molecule has 0 aliphatic rings. The first-order valence-corrected chi connectivity index (χ1v) is 10.3. The van der Waals surface area contributed by atoms with Crippen LogP contribution in [0.2, 0.25) is 0 Å². The minimum atomic E-state index is -0.709. The molecule has 3 rings (SSSR count). The molecule has 0 saturated carbocycles. The third-order valence-corrected chi connectivity index (χ3v) is 5.07. The van der Waals surface area contributed by atoms with Crippen molar-refractivity contribution in [3.8, 4) is 0 Å². The van der Waals surface area contributed by atoms with E-state index in [2.05, 4.69) is 25.3 Å². The van der Waals surface area contributed by atoms with E-state index in [-0.39, 0.29) is 33.9 Å². The minimum absolute atomic E-state index is 0.0773. The van der Waals surface area contributed by atoms with Crippen LogP contribution in [0.5, 0.6) is 0 Å². The number of anilines is 3. The summed E-state index contributed by atoms with van der Waals surface area (Å²) in [6.07, 6.45) is 0. The summed E-state index contributed by atoms with van der Waals surface area (Å²) in [5.41, 5.74) is 5.76. The molecular formula is C21H18FN5O5S. The van der Waals surface area contributed by atoms with Crippen molar-refractivity contribution in [1.29, 1.82) is 0 Å². The van der Waals surface area contributed by atoms with Crippen LogP contribution in [0, 0.1) is 5.82 Å². The summed E-state index contributed by atoms with van der Waals surface area (Å²) in [6.45, 7) is 0. The largest absolute Gasteiger partial charge is 0.465 e. The number of esters is 1. The van der Waals surface area contributed by atoms with Gasteiger partial charge in [-0.2, -0.15) is 0 Å². The second-order valence-electron chi connectivity index (χ2n) is 6.50. The fourth-order valence-corrected chi connectivity index (χ4v) is 3.25. The Bertz CT molecular complexity index is 1250. The van der Waals surface area contributed by atoms with E-state index >= 15 is 0 Å². The Kier molecular flexibility index (Phi) is 7.41. The van der Waals surface area contributed by atoms with E-state index in [1.807, 2.05) is 0 Å². The molecule has 2 amide bonds. The van der Waals surface area contributed by atoms with E-state index in [1.54, 1.807) is 12.1 Å². The molecule has 0 spiro atoms. The molecule has 10 nitrogen and oxygen atoms in total. The number of hydrogen-bond donors (Lipinski definition) is 4. The Morgan fingerprint density at radius 2 is 1.70 bits per heavy atom. The predicted molar refractivity (Wildman–Crippen MR) is 121 cm³/mol. The van der Waals surface area contributed by atoms with Crippen molar-refractivity contribution in [2.75, 3.05) is 29.2 Å². The van der Waals surface area contributed by atoms with Crippen LogP contribution >= 0.6 is 11.8 Å². The number of thioether (sulfide) groups is 1. The first-order valence-electron chi connectivity index (χ1n) is 9.34. The average Bonchev–Trinajstić information content (AvgIpc) is 2.80. The number of carbonyl (C=O) groups excluding carboxylic acids is 3. The molecule has 0 bridgehead atoms. The molecule has 0 saturated heterocycles. The fraction of sp³-hybridized carbons (Fsp3) is 0.0952. The van der Waals surface area contributed by atoms with Gasteiger partial charge in [0.15, 0.2) is 11.0 Å². The molecule has 0 atom stereocenters. The van der Waals surface area contributed by atoms with Gasteiger partial charge in [-0.05, 0) is 48.5 Å². The summed E-state index contributed by atoms with van der Waals surface area (Å²) >= 11 is 0.926. The van der Waals surface area contributed by atoms with Gasteiger partial charge in [0.25, 0.3) is 11.5 Å². The molecule has 0 unspecified atom stereocenters. The molecule has 3 aromatic rings.